The van der Waals surface area contributed by atoms with Crippen LogP contribution < -0.4 is 11.2 Å². The van der Waals surface area contributed by atoms with Crippen LogP contribution in [0.1, 0.15) is 15.9 Å². The molecule has 0 bridgehead atoms. The fraction of sp³-hybridized carbons (Fsp3) is 0. The molecule has 1 rings (SSSR count). The zero-order valence-electron chi connectivity index (χ0n) is 8.86. The number of benzene rings is 1. The fourth-order valence-corrected chi connectivity index (χ4v) is 1.26. The zero-order chi connectivity index (χ0) is 13.7. The van der Waals surface area contributed by atoms with E-state index in [-0.39, 0.29) is 10.7 Å². The van der Waals surface area contributed by atoms with Crippen molar-refractivity contribution in [3.8, 4) is 0 Å². The van der Waals surface area contributed by atoms with Crippen LogP contribution in [0.15, 0.2) is 23.3 Å². The van der Waals surface area contributed by atoms with E-state index in [1.807, 2.05) is 0 Å². The van der Waals surface area contributed by atoms with Crippen LogP contribution in [0, 0.1) is 10.1 Å². The molecule has 0 unspecified atom stereocenters. The first-order chi connectivity index (χ1) is 8.43. The van der Waals surface area contributed by atoms with Crippen molar-refractivity contribution in [1.29, 1.82) is 0 Å². The maximum absolute atomic E-state index is 10.9. The SMILES string of the molecule is NC(=S)NN=Cc1cccc(C(=O)O)c1[N+](=O)[O-]. The minimum Gasteiger partial charge on any atom is -0.477 e. The molecule has 0 saturated heterocycles. The minimum atomic E-state index is -1.39. The molecule has 1 aromatic rings. The summed E-state index contributed by atoms with van der Waals surface area (Å²) in [6.45, 7) is 0. The van der Waals surface area contributed by atoms with Gasteiger partial charge in [-0.3, -0.25) is 15.5 Å². The molecule has 9 heteroatoms. The van der Waals surface area contributed by atoms with E-state index in [0.717, 1.165) is 12.3 Å². The number of hydrogen-bond acceptors (Lipinski definition) is 5. The molecule has 0 amide bonds. The molecule has 0 aromatic heterocycles. The third-order valence-corrected chi connectivity index (χ3v) is 1.95. The van der Waals surface area contributed by atoms with Crippen molar-refractivity contribution in [3.63, 3.8) is 0 Å². The highest BCUT2D eigenvalue weighted by atomic mass is 32.1. The van der Waals surface area contributed by atoms with E-state index in [4.69, 9.17) is 10.8 Å². The Morgan fingerprint density at radius 2 is 2.28 bits per heavy atom. The number of thiocarbonyl (C=S) groups is 1. The lowest BCUT2D eigenvalue weighted by Crippen LogP contribution is -2.24. The number of rotatable bonds is 4. The highest BCUT2D eigenvalue weighted by molar-refractivity contribution is 7.80. The number of nitrogens with one attached hydrogen (secondary N) is 1. The second-order valence-electron chi connectivity index (χ2n) is 3.04. The summed E-state index contributed by atoms with van der Waals surface area (Å²) in [5, 5.41) is 23.1. The summed E-state index contributed by atoms with van der Waals surface area (Å²) in [4.78, 5) is 20.9. The molecule has 0 aliphatic heterocycles. The Hall–Kier alpha value is -2.55. The molecular formula is C9H8N4O4S. The van der Waals surface area contributed by atoms with Crippen molar-refractivity contribution in [2.75, 3.05) is 0 Å². The molecule has 4 N–H and O–H groups in total. The van der Waals surface area contributed by atoms with Gasteiger partial charge in [0.15, 0.2) is 5.11 Å². The predicted octanol–water partition coefficient (Wildman–Crippen LogP) is 0.460. The van der Waals surface area contributed by atoms with Crippen molar-refractivity contribution in [3.05, 3.63) is 39.4 Å². The first kappa shape index (κ1) is 13.5. The Kier molecular flexibility index (Phi) is 4.27. The Balaban J connectivity index is 3.23. The maximum atomic E-state index is 10.9. The van der Waals surface area contributed by atoms with Crippen LogP contribution in [-0.4, -0.2) is 27.3 Å². The number of aromatic carboxylic acids is 1. The number of nitrogens with two attached hydrogens (primary N) is 1. The molecular weight excluding hydrogens is 260 g/mol. The van der Waals surface area contributed by atoms with E-state index in [0.29, 0.717) is 0 Å². The smallest absolute Gasteiger partial charge is 0.342 e. The standard InChI is InChI=1S/C9H8N4O4S/c10-9(18)12-11-4-5-2-1-3-6(8(14)15)7(5)13(16)17/h1-4H,(H,14,15)(H3,10,12,18). The van der Waals surface area contributed by atoms with Gasteiger partial charge >= 0.3 is 5.97 Å². The van der Waals surface area contributed by atoms with Gasteiger partial charge in [0.2, 0.25) is 0 Å². The summed E-state index contributed by atoms with van der Waals surface area (Å²) in [5.74, 6) is -1.39. The van der Waals surface area contributed by atoms with Crippen LogP contribution in [0.5, 0.6) is 0 Å². The van der Waals surface area contributed by atoms with Crippen LogP contribution in [0.2, 0.25) is 0 Å². The molecule has 0 atom stereocenters. The Morgan fingerprint density at radius 1 is 1.61 bits per heavy atom. The molecule has 0 spiro atoms. The second kappa shape index (κ2) is 5.68. The number of nitrogens with zero attached hydrogens (tertiary/aromatic N) is 2. The van der Waals surface area contributed by atoms with Gasteiger partial charge in [0, 0.05) is 0 Å². The lowest BCUT2D eigenvalue weighted by molar-refractivity contribution is -0.385. The van der Waals surface area contributed by atoms with Crippen molar-refractivity contribution < 1.29 is 14.8 Å². The van der Waals surface area contributed by atoms with Gasteiger partial charge in [0.25, 0.3) is 5.69 Å². The van der Waals surface area contributed by atoms with Crippen molar-refractivity contribution in [2.24, 2.45) is 10.8 Å². The summed E-state index contributed by atoms with van der Waals surface area (Å²) in [7, 11) is 0. The summed E-state index contributed by atoms with van der Waals surface area (Å²) < 4.78 is 0. The minimum absolute atomic E-state index is 0.0312. The predicted molar refractivity (Wildman–Crippen MR) is 67.6 cm³/mol. The summed E-state index contributed by atoms with van der Waals surface area (Å²) >= 11 is 4.49. The molecule has 94 valence electrons. The lowest BCUT2D eigenvalue weighted by atomic mass is 10.1. The van der Waals surface area contributed by atoms with Gasteiger partial charge < -0.3 is 10.8 Å². The highest BCUT2D eigenvalue weighted by Gasteiger charge is 2.22. The van der Waals surface area contributed by atoms with Gasteiger partial charge in [-0.2, -0.15) is 5.10 Å². The van der Waals surface area contributed by atoms with E-state index in [9.17, 15) is 14.9 Å². The largest absolute Gasteiger partial charge is 0.477 e. The van der Waals surface area contributed by atoms with Crippen LogP contribution in [-0.2, 0) is 0 Å². The lowest BCUT2D eigenvalue weighted by Gasteiger charge is -2.01. The number of carbonyl (C=O) groups is 1. The summed E-state index contributed by atoms with van der Waals surface area (Å²) in [6, 6.07) is 3.87. The molecule has 0 aliphatic carbocycles. The number of carboxylic acid groups (broad SMARTS) is 1. The molecule has 0 fully saturated rings. The number of nitro groups is 1. The Bertz CT molecular complexity index is 543. The van der Waals surface area contributed by atoms with Crippen molar-refractivity contribution in [2.45, 2.75) is 0 Å². The van der Waals surface area contributed by atoms with Gasteiger partial charge in [-0.15, -0.1) is 0 Å². The highest BCUT2D eigenvalue weighted by Crippen LogP contribution is 2.22. The van der Waals surface area contributed by atoms with Crippen molar-refractivity contribution >= 4 is 35.2 Å². The van der Waals surface area contributed by atoms with Crippen molar-refractivity contribution in [1.82, 2.24) is 5.43 Å². The third kappa shape index (κ3) is 3.22. The molecule has 0 heterocycles. The summed E-state index contributed by atoms with van der Waals surface area (Å²) in [6.07, 6.45) is 1.07. The van der Waals surface area contributed by atoms with E-state index >= 15 is 0 Å². The first-order valence-electron chi connectivity index (χ1n) is 4.52. The number of hydrazone groups is 1. The Morgan fingerprint density at radius 3 is 2.78 bits per heavy atom. The maximum Gasteiger partial charge on any atom is 0.342 e. The molecule has 8 nitrogen and oxygen atoms in total. The monoisotopic (exact) mass is 268 g/mol. The molecule has 0 radical (unpaired) electrons. The van der Waals surface area contributed by atoms with Crippen LogP contribution in [0.25, 0.3) is 0 Å². The number of nitro benzene ring substituents is 1. The van der Waals surface area contributed by atoms with E-state index in [1.165, 1.54) is 12.1 Å². The van der Waals surface area contributed by atoms with E-state index < -0.39 is 22.1 Å². The fourth-order valence-electron chi connectivity index (χ4n) is 1.21. The van der Waals surface area contributed by atoms with E-state index in [2.05, 4.69) is 22.7 Å². The van der Waals surface area contributed by atoms with Gasteiger partial charge in [-0.1, -0.05) is 6.07 Å². The van der Waals surface area contributed by atoms with E-state index in [1.54, 1.807) is 0 Å². The average molecular weight is 268 g/mol. The first-order valence-corrected chi connectivity index (χ1v) is 4.93. The van der Waals surface area contributed by atoms with Gasteiger partial charge in [0.1, 0.15) is 5.56 Å². The molecule has 1 aromatic carbocycles. The molecule has 18 heavy (non-hydrogen) atoms. The normalized spacial score (nSPS) is 10.2. The molecule has 0 saturated carbocycles. The zero-order valence-corrected chi connectivity index (χ0v) is 9.68. The average Bonchev–Trinajstić information content (AvgIpc) is 2.27. The summed E-state index contributed by atoms with van der Waals surface area (Å²) in [5.41, 5.74) is 6.40. The van der Waals surface area contributed by atoms with Crippen LogP contribution >= 0.6 is 12.2 Å². The number of hydrogen-bond donors (Lipinski definition) is 3. The molecule has 0 aliphatic rings. The number of carboxylic acids is 1. The number of para-hydroxylation sites is 1. The quantitative estimate of drug-likeness (QED) is 0.313. The van der Waals surface area contributed by atoms with Gasteiger partial charge in [-0.25, -0.2) is 4.79 Å². The second-order valence-corrected chi connectivity index (χ2v) is 3.48. The van der Waals surface area contributed by atoms with Crippen LogP contribution in [0.3, 0.4) is 0 Å². The third-order valence-electron chi connectivity index (χ3n) is 1.86. The van der Waals surface area contributed by atoms with Crippen LogP contribution in [0.4, 0.5) is 5.69 Å². The Labute approximate surface area is 106 Å². The topological polar surface area (TPSA) is 131 Å². The van der Waals surface area contributed by atoms with Gasteiger partial charge in [0.05, 0.1) is 16.7 Å². The van der Waals surface area contributed by atoms with Gasteiger partial charge in [-0.05, 0) is 24.4 Å².